The number of ether oxygens (including phenoxy) is 3. The molecule has 0 bridgehead atoms. The molecule has 2 heterocycles. The van der Waals surface area contributed by atoms with Crippen LogP contribution in [0.25, 0.3) is 11.4 Å². The van der Waals surface area contributed by atoms with Gasteiger partial charge in [-0.15, -0.1) is 16.8 Å². The smallest absolute Gasteiger partial charge is 0.237 e. The van der Waals surface area contributed by atoms with Crippen LogP contribution >= 0.6 is 11.8 Å². The largest absolute Gasteiger partial charge is 0.496 e. The molecule has 1 aromatic heterocycles. The van der Waals surface area contributed by atoms with Crippen LogP contribution in [0.15, 0.2) is 60.3 Å². The minimum absolute atomic E-state index is 0.157. The molecule has 1 N–H and O–H groups in total. The van der Waals surface area contributed by atoms with E-state index in [0.717, 1.165) is 5.56 Å². The fourth-order valence-electron chi connectivity index (χ4n) is 3.13. The highest BCUT2D eigenvalue weighted by molar-refractivity contribution is 8.00. The summed E-state index contributed by atoms with van der Waals surface area (Å²) in [5.41, 5.74) is 1.47. The molecule has 8 nitrogen and oxygen atoms in total. The van der Waals surface area contributed by atoms with Gasteiger partial charge >= 0.3 is 0 Å². The number of methoxy groups -OCH3 is 1. The van der Waals surface area contributed by atoms with Gasteiger partial charge in [-0.1, -0.05) is 30.0 Å². The van der Waals surface area contributed by atoms with Crippen molar-refractivity contribution < 1.29 is 19.0 Å². The third-order valence-corrected chi connectivity index (χ3v) is 5.75. The zero-order chi connectivity index (χ0) is 21.8. The molecule has 4 rings (SSSR count). The summed E-state index contributed by atoms with van der Waals surface area (Å²) in [6, 6.07) is 12.9. The Morgan fingerprint density at radius 2 is 2.10 bits per heavy atom. The van der Waals surface area contributed by atoms with Gasteiger partial charge in [0.25, 0.3) is 0 Å². The molecule has 31 heavy (non-hydrogen) atoms. The monoisotopic (exact) mass is 438 g/mol. The maximum absolute atomic E-state index is 12.8. The predicted molar refractivity (Wildman–Crippen MR) is 119 cm³/mol. The van der Waals surface area contributed by atoms with Crippen molar-refractivity contribution in [1.29, 1.82) is 0 Å². The van der Waals surface area contributed by atoms with E-state index in [9.17, 15) is 4.79 Å². The zero-order valence-corrected chi connectivity index (χ0v) is 18.0. The highest BCUT2D eigenvalue weighted by Gasteiger charge is 2.22. The lowest BCUT2D eigenvalue weighted by molar-refractivity contribution is -0.115. The standard InChI is InChI=1S/C22H22N4O4S/c1-4-11-26-20(16-7-5-6-8-17(16)28-3)24-25-22(26)31-14(2)21(27)23-15-9-10-18-19(12-15)30-13-29-18/h4-10,12,14H,1,11,13H2,2-3H3,(H,23,27)/t14-/m0/s1. The fourth-order valence-corrected chi connectivity index (χ4v) is 3.99. The lowest BCUT2D eigenvalue weighted by Crippen LogP contribution is -2.23. The number of allylic oxidation sites excluding steroid dienone is 1. The first-order valence-corrected chi connectivity index (χ1v) is 10.5. The van der Waals surface area contributed by atoms with E-state index in [0.29, 0.717) is 40.5 Å². The summed E-state index contributed by atoms with van der Waals surface area (Å²) in [6.45, 7) is 6.34. The second-order valence-corrected chi connectivity index (χ2v) is 8.03. The average Bonchev–Trinajstić information content (AvgIpc) is 3.40. The molecule has 9 heteroatoms. The maximum Gasteiger partial charge on any atom is 0.237 e. The van der Waals surface area contributed by atoms with E-state index in [1.165, 1.54) is 11.8 Å². The van der Waals surface area contributed by atoms with Gasteiger partial charge in [-0.3, -0.25) is 9.36 Å². The second-order valence-electron chi connectivity index (χ2n) is 6.72. The van der Waals surface area contributed by atoms with Gasteiger partial charge in [0.1, 0.15) is 5.75 Å². The van der Waals surface area contributed by atoms with Gasteiger partial charge in [-0.05, 0) is 31.2 Å². The lowest BCUT2D eigenvalue weighted by Gasteiger charge is -2.14. The molecule has 2 aromatic carbocycles. The predicted octanol–water partition coefficient (Wildman–Crippen LogP) is 3.99. The number of hydrogen-bond acceptors (Lipinski definition) is 7. The highest BCUT2D eigenvalue weighted by atomic mass is 32.2. The molecule has 1 aliphatic heterocycles. The zero-order valence-electron chi connectivity index (χ0n) is 17.2. The molecule has 1 atom stereocenters. The number of nitrogens with zero attached hydrogens (tertiary/aromatic N) is 3. The van der Waals surface area contributed by atoms with Gasteiger partial charge < -0.3 is 19.5 Å². The molecule has 0 spiro atoms. The Morgan fingerprint density at radius 1 is 1.29 bits per heavy atom. The number of nitrogens with one attached hydrogen (secondary N) is 1. The van der Waals surface area contributed by atoms with Gasteiger partial charge in [0.2, 0.25) is 12.7 Å². The first kappa shape index (κ1) is 20.8. The van der Waals surface area contributed by atoms with E-state index in [1.807, 2.05) is 35.8 Å². The number of anilines is 1. The maximum atomic E-state index is 12.8. The summed E-state index contributed by atoms with van der Waals surface area (Å²) in [6.07, 6.45) is 1.77. The molecule has 1 aliphatic rings. The van der Waals surface area contributed by atoms with Crippen LogP contribution in [-0.2, 0) is 11.3 Å². The number of para-hydroxylation sites is 1. The van der Waals surface area contributed by atoms with Crippen LogP contribution < -0.4 is 19.5 Å². The number of carbonyl (C=O) groups is 1. The van der Waals surface area contributed by atoms with Gasteiger partial charge in [-0.25, -0.2) is 0 Å². The lowest BCUT2D eigenvalue weighted by atomic mass is 10.2. The van der Waals surface area contributed by atoms with E-state index < -0.39 is 5.25 Å². The molecule has 0 radical (unpaired) electrons. The molecule has 0 aliphatic carbocycles. The Bertz CT molecular complexity index is 1110. The molecule has 160 valence electrons. The highest BCUT2D eigenvalue weighted by Crippen LogP contribution is 2.35. The molecule has 3 aromatic rings. The third kappa shape index (κ3) is 4.36. The molecular weight excluding hydrogens is 416 g/mol. The van der Waals surface area contributed by atoms with Crippen LogP contribution in [0.5, 0.6) is 17.2 Å². The second kappa shape index (κ2) is 9.13. The summed E-state index contributed by atoms with van der Waals surface area (Å²) in [7, 11) is 1.62. The number of thioether (sulfide) groups is 1. The van der Waals surface area contributed by atoms with Gasteiger partial charge in [0.15, 0.2) is 22.5 Å². The van der Waals surface area contributed by atoms with Gasteiger partial charge in [0.05, 0.1) is 17.9 Å². The summed E-state index contributed by atoms with van der Waals surface area (Å²) in [5, 5.41) is 11.8. The van der Waals surface area contributed by atoms with E-state index in [4.69, 9.17) is 14.2 Å². The molecule has 0 unspecified atom stereocenters. The van der Waals surface area contributed by atoms with Crippen molar-refractivity contribution in [1.82, 2.24) is 14.8 Å². The molecule has 0 saturated carbocycles. The molecular formula is C22H22N4O4S. The topological polar surface area (TPSA) is 87.5 Å². The Hall–Kier alpha value is -3.46. The van der Waals surface area contributed by atoms with E-state index in [1.54, 1.807) is 31.4 Å². The number of rotatable bonds is 8. The van der Waals surface area contributed by atoms with Crippen molar-refractivity contribution in [3.8, 4) is 28.6 Å². The number of carbonyl (C=O) groups excluding carboxylic acids is 1. The summed E-state index contributed by atoms with van der Waals surface area (Å²) in [5.74, 6) is 2.48. The Kier molecular flexibility index (Phi) is 6.13. The van der Waals surface area contributed by atoms with Crippen molar-refractivity contribution in [2.24, 2.45) is 0 Å². The SMILES string of the molecule is C=CCn1c(S[C@@H](C)C(=O)Nc2ccc3c(c2)OCO3)nnc1-c1ccccc1OC. The van der Waals surface area contributed by atoms with Crippen LogP contribution in [0.1, 0.15) is 6.92 Å². The first-order chi connectivity index (χ1) is 15.1. The van der Waals surface area contributed by atoms with E-state index >= 15 is 0 Å². The number of aromatic nitrogens is 3. The summed E-state index contributed by atoms with van der Waals surface area (Å²) >= 11 is 1.32. The summed E-state index contributed by atoms with van der Waals surface area (Å²) < 4.78 is 18.0. The van der Waals surface area contributed by atoms with Crippen LogP contribution in [0.4, 0.5) is 5.69 Å². The number of hydrogen-bond donors (Lipinski definition) is 1. The van der Waals surface area contributed by atoms with Crippen molar-refractivity contribution in [2.75, 3.05) is 19.2 Å². The third-order valence-electron chi connectivity index (χ3n) is 4.67. The Labute approximate surface area is 184 Å². The molecule has 0 fully saturated rings. The van der Waals surface area contributed by atoms with Crippen molar-refractivity contribution in [2.45, 2.75) is 23.9 Å². The van der Waals surface area contributed by atoms with Crippen molar-refractivity contribution in [3.05, 3.63) is 55.1 Å². The van der Waals surface area contributed by atoms with E-state index in [2.05, 4.69) is 22.1 Å². The van der Waals surface area contributed by atoms with Crippen molar-refractivity contribution in [3.63, 3.8) is 0 Å². The summed E-state index contributed by atoms with van der Waals surface area (Å²) in [4.78, 5) is 12.8. The van der Waals surface area contributed by atoms with E-state index in [-0.39, 0.29) is 12.7 Å². The van der Waals surface area contributed by atoms with Crippen molar-refractivity contribution >= 4 is 23.4 Å². The number of amides is 1. The normalized spacial score (nSPS) is 13.0. The Balaban J connectivity index is 1.52. The van der Waals surface area contributed by atoms with Crippen LogP contribution in [-0.4, -0.2) is 39.8 Å². The minimum atomic E-state index is -0.413. The van der Waals surface area contributed by atoms with Gasteiger partial charge in [-0.2, -0.15) is 0 Å². The fraction of sp³-hybridized carbons (Fsp3) is 0.227. The quantitative estimate of drug-likeness (QED) is 0.420. The number of fused-ring (bicyclic) bond motifs is 1. The van der Waals surface area contributed by atoms with Crippen LogP contribution in [0, 0.1) is 0 Å². The number of benzene rings is 2. The van der Waals surface area contributed by atoms with Gasteiger partial charge in [0, 0.05) is 18.3 Å². The first-order valence-electron chi connectivity index (χ1n) is 9.65. The minimum Gasteiger partial charge on any atom is -0.496 e. The molecule has 1 amide bonds. The average molecular weight is 439 g/mol. The van der Waals surface area contributed by atoms with Crippen LogP contribution in [0.3, 0.4) is 0 Å². The van der Waals surface area contributed by atoms with Crippen LogP contribution in [0.2, 0.25) is 0 Å². The Morgan fingerprint density at radius 3 is 2.90 bits per heavy atom. The molecule has 0 saturated heterocycles.